The van der Waals surface area contributed by atoms with Crippen molar-refractivity contribution in [1.82, 2.24) is 4.90 Å². The molecule has 1 aromatic rings. The second kappa shape index (κ2) is 6.38. The lowest BCUT2D eigenvalue weighted by Gasteiger charge is -2.23. The Bertz CT molecular complexity index is 276. The summed E-state index contributed by atoms with van der Waals surface area (Å²) in [7, 11) is 0. The summed E-state index contributed by atoms with van der Waals surface area (Å²) in [5.41, 5.74) is 6.21. The van der Waals surface area contributed by atoms with Gasteiger partial charge in [-0.15, -0.1) is 11.3 Å². The summed E-state index contributed by atoms with van der Waals surface area (Å²) >= 11 is 1.82. The molecule has 0 aliphatic carbocycles. The van der Waals surface area contributed by atoms with Crippen LogP contribution in [-0.2, 0) is 6.42 Å². The van der Waals surface area contributed by atoms with Gasteiger partial charge < -0.3 is 10.6 Å². The zero-order chi connectivity index (χ0) is 11.2. The van der Waals surface area contributed by atoms with Gasteiger partial charge in [-0.25, -0.2) is 0 Å². The Hall–Kier alpha value is -0.380. The fourth-order valence-corrected chi connectivity index (χ4v) is 3.20. The van der Waals surface area contributed by atoms with Gasteiger partial charge >= 0.3 is 0 Å². The van der Waals surface area contributed by atoms with E-state index < -0.39 is 0 Å². The Morgan fingerprint density at radius 3 is 2.62 bits per heavy atom. The van der Waals surface area contributed by atoms with Crippen LogP contribution < -0.4 is 5.73 Å². The highest BCUT2D eigenvalue weighted by atomic mass is 32.1. The van der Waals surface area contributed by atoms with Crippen molar-refractivity contribution >= 4 is 11.3 Å². The minimum absolute atomic E-state index is 0.303. The first-order valence-electron chi connectivity index (χ1n) is 6.35. The van der Waals surface area contributed by atoms with Crippen molar-refractivity contribution in [2.24, 2.45) is 5.73 Å². The zero-order valence-electron chi connectivity index (χ0n) is 9.90. The molecule has 0 aromatic carbocycles. The summed E-state index contributed by atoms with van der Waals surface area (Å²) in [6, 6.07) is 4.60. The van der Waals surface area contributed by atoms with E-state index in [1.54, 1.807) is 0 Å². The molecule has 0 spiro atoms. The van der Waals surface area contributed by atoms with Crippen LogP contribution in [0.4, 0.5) is 0 Å². The molecule has 16 heavy (non-hydrogen) atoms. The molecule has 2 N–H and O–H groups in total. The number of nitrogens with two attached hydrogens (primary N) is 1. The van der Waals surface area contributed by atoms with E-state index in [9.17, 15) is 0 Å². The van der Waals surface area contributed by atoms with Gasteiger partial charge in [0.25, 0.3) is 0 Å². The molecule has 2 nitrogen and oxygen atoms in total. The van der Waals surface area contributed by atoms with Gasteiger partial charge in [-0.2, -0.15) is 0 Å². The molecule has 0 radical (unpaired) electrons. The van der Waals surface area contributed by atoms with Crippen LogP contribution >= 0.6 is 11.3 Å². The van der Waals surface area contributed by atoms with Crippen molar-refractivity contribution in [2.45, 2.75) is 38.1 Å². The summed E-state index contributed by atoms with van der Waals surface area (Å²) in [4.78, 5) is 3.97. The molecule has 0 saturated carbocycles. The molecule has 3 heteroatoms. The van der Waals surface area contributed by atoms with E-state index in [2.05, 4.69) is 22.4 Å². The van der Waals surface area contributed by atoms with Gasteiger partial charge in [0.15, 0.2) is 0 Å². The topological polar surface area (TPSA) is 29.3 Å². The molecular formula is C13H22N2S. The maximum absolute atomic E-state index is 6.21. The third-order valence-electron chi connectivity index (χ3n) is 3.23. The van der Waals surface area contributed by atoms with Gasteiger partial charge in [0.1, 0.15) is 0 Å². The highest BCUT2D eigenvalue weighted by Crippen LogP contribution is 2.13. The molecule has 90 valence electrons. The zero-order valence-corrected chi connectivity index (χ0v) is 10.7. The standard InChI is InChI=1S/C13H22N2S/c14-12(10-13-6-5-9-16-13)11-15-7-3-1-2-4-8-15/h5-6,9,12H,1-4,7-8,10-11,14H2. The van der Waals surface area contributed by atoms with Gasteiger partial charge in [-0.05, 0) is 43.8 Å². The van der Waals surface area contributed by atoms with Crippen LogP contribution in [0.2, 0.25) is 0 Å². The second-order valence-electron chi connectivity index (χ2n) is 4.76. The summed E-state index contributed by atoms with van der Waals surface area (Å²) in [6.07, 6.45) is 6.54. The minimum atomic E-state index is 0.303. The van der Waals surface area contributed by atoms with Gasteiger partial charge in [-0.1, -0.05) is 18.9 Å². The number of thiophene rings is 1. The molecular weight excluding hydrogens is 216 g/mol. The lowest BCUT2D eigenvalue weighted by Crippen LogP contribution is -2.39. The van der Waals surface area contributed by atoms with E-state index in [0.29, 0.717) is 6.04 Å². The van der Waals surface area contributed by atoms with Crippen molar-refractivity contribution in [2.75, 3.05) is 19.6 Å². The molecule has 2 heterocycles. The molecule has 1 aliphatic rings. The minimum Gasteiger partial charge on any atom is -0.326 e. The second-order valence-corrected chi connectivity index (χ2v) is 5.79. The summed E-state index contributed by atoms with van der Waals surface area (Å²) in [5, 5.41) is 2.13. The predicted molar refractivity (Wildman–Crippen MR) is 70.9 cm³/mol. The van der Waals surface area contributed by atoms with Gasteiger partial charge in [0.05, 0.1) is 0 Å². The van der Waals surface area contributed by atoms with Gasteiger partial charge in [0, 0.05) is 17.5 Å². The lowest BCUT2D eigenvalue weighted by atomic mass is 10.2. The summed E-state index contributed by atoms with van der Waals surface area (Å²) in [6.45, 7) is 3.56. The highest BCUT2D eigenvalue weighted by Gasteiger charge is 2.13. The number of hydrogen-bond donors (Lipinski definition) is 1. The van der Waals surface area contributed by atoms with Crippen molar-refractivity contribution in [1.29, 1.82) is 0 Å². The van der Waals surface area contributed by atoms with Crippen LogP contribution in [0.3, 0.4) is 0 Å². The van der Waals surface area contributed by atoms with Crippen LogP contribution in [0, 0.1) is 0 Å². The number of nitrogens with zero attached hydrogens (tertiary/aromatic N) is 1. The number of likely N-dealkylation sites (tertiary alicyclic amines) is 1. The first-order chi connectivity index (χ1) is 7.84. The lowest BCUT2D eigenvalue weighted by molar-refractivity contribution is 0.266. The Morgan fingerprint density at radius 2 is 2.00 bits per heavy atom. The van der Waals surface area contributed by atoms with Crippen LogP contribution in [-0.4, -0.2) is 30.6 Å². The molecule has 1 atom stereocenters. The first-order valence-corrected chi connectivity index (χ1v) is 7.23. The maximum atomic E-state index is 6.21. The molecule has 1 fully saturated rings. The third kappa shape index (κ3) is 3.89. The Balaban J connectivity index is 1.75. The van der Waals surface area contributed by atoms with Crippen LogP contribution in [0.25, 0.3) is 0 Å². The average molecular weight is 238 g/mol. The van der Waals surface area contributed by atoms with Gasteiger partial charge in [0.2, 0.25) is 0 Å². The molecule has 1 unspecified atom stereocenters. The first kappa shape index (κ1) is 12.1. The molecule has 2 rings (SSSR count). The fourth-order valence-electron chi connectivity index (χ4n) is 2.40. The van der Waals surface area contributed by atoms with E-state index in [0.717, 1.165) is 13.0 Å². The molecule has 1 aliphatic heterocycles. The van der Waals surface area contributed by atoms with E-state index in [1.807, 2.05) is 11.3 Å². The van der Waals surface area contributed by atoms with Crippen molar-refractivity contribution in [3.05, 3.63) is 22.4 Å². The van der Waals surface area contributed by atoms with Crippen molar-refractivity contribution in [3.63, 3.8) is 0 Å². The van der Waals surface area contributed by atoms with E-state index in [1.165, 1.54) is 43.6 Å². The van der Waals surface area contributed by atoms with Crippen molar-refractivity contribution < 1.29 is 0 Å². The van der Waals surface area contributed by atoms with Crippen LogP contribution in [0.5, 0.6) is 0 Å². The average Bonchev–Trinajstić information content (AvgIpc) is 2.62. The highest BCUT2D eigenvalue weighted by molar-refractivity contribution is 7.09. The summed E-state index contributed by atoms with van der Waals surface area (Å²) < 4.78 is 0. The quantitative estimate of drug-likeness (QED) is 0.873. The molecule has 0 bridgehead atoms. The maximum Gasteiger partial charge on any atom is 0.0216 e. The third-order valence-corrected chi connectivity index (χ3v) is 4.13. The molecule has 0 amide bonds. The molecule has 1 saturated heterocycles. The SMILES string of the molecule is NC(Cc1cccs1)CN1CCCCCC1. The number of hydrogen-bond acceptors (Lipinski definition) is 3. The normalized spacial score (nSPS) is 20.6. The van der Waals surface area contributed by atoms with E-state index >= 15 is 0 Å². The Labute approximate surface area is 102 Å². The largest absolute Gasteiger partial charge is 0.326 e. The number of rotatable bonds is 4. The van der Waals surface area contributed by atoms with E-state index in [-0.39, 0.29) is 0 Å². The van der Waals surface area contributed by atoms with Crippen molar-refractivity contribution in [3.8, 4) is 0 Å². The van der Waals surface area contributed by atoms with E-state index in [4.69, 9.17) is 5.73 Å². The predicted octanol–water partition coefficient (Wildman–Crippen LogP) is 2.49. The fraction of sp³-hybridized carbons (Fsp3) is 0.692. The Morgan fingerprint density at radius 1 is 1.25 bits per heavy atom. The van der Waals surface area contributed by atoms with Crippen LogP contribution in [0.15, 0.2) is 17.5 Å². The summed E-state index contributed by atoms with van der Waals surface area (Å²) in [5.74, 6) is 0. The molecule has 1 aromatic heterocycles. The smallest absolute Gasteiger partial charge is 0.0216 e. The monoisotopic (exact) mass is 238 g/mol. The van der Waals surface area contributed by atoms with Gasteiger partial charge in [-0.3, -0.25) is 0 Å². The Kier molecular flexibility index (Phi) is 4.82. The van der Waals surface area contributed by atoms with Crippen LogP contribution in [0.1, 0.15) is 30.6 Å².